The van der Waals surface area contributed by atoms with Crippen LogP contribution in [0.5, 0.6) is 0 Å². The fourth-order valence-corrected chi connectivity index (χ4v) is 2.38. The third-order valence-electron chi connectivity index (χ3n) is 3.36. The first-order valence-corrected chi connectivity index (χ1v) is 5.91. The highest BCUT2D eigenvalue weighted by Crippen LogP contribution is 2.28. The summed E-state index contributed by atoms with van der Waals surface area (Å²) in [6.07, 6.45) is -0.0152. The fraction of sp³-hybridized carbons (Fsp3) is 0.538. The lowest BCUT2D eigenvalue weighted by Gasteiger charge is -2.39. The molecule has 0 aliphatic carbocycles. The molecule has 17 heavy (non-hydrogen) atoms. The van der Waals surface area contributed by atoms with E-state index in [2.05, 4.69) is 11.9 Å². The third-order valence-corrected chi connectivity index (χ3v) is 3.36. The number of rotatable bonds is 2. The predicted octanol–water partition coefficient (Wildman–Crippen LogP) is 1.46. The zero-order valence-corrected chi connectivity index (χ0v) is 10.3. The number of aryl methyl sites for hydroxylation is 1. The summed E-state index contributed by atoms with van der Waals surface area (Å²) in [5, 5.41) is 0. The second kappa shape index (κ2) is 5.12. The monoisotopic (exact) mass is 238 g/mol. The minimum atomic E-state index is -0.169. The van der Waals surface area contributed by atoms with Gasteiger partial charge in [-0.2, -0.15) is 0 Å². The SMILES string of the molecule is Cc1cc(C2C(CN)OCCN2C)ccc1F. The molecule has 4 heteroatoms. The van der Waals surface area contributed by atoms with Crippen molar-refractivity contribution in [3.05, 3.63) is 35.1 Å². The molecular formula is C13H19FN2O. The zero-order chi connectivity index (χ0) is 12.4. The largest absolute Gasteiger partial charge is 0.374 e. The molecule has 0 saturated carbocycles. The van der Waals surface area contributed by atoms with Crippen molar-refractivity contribution in [2.24, 2.45) is 5.73 Å². The highest BCUT2D eigenvalue weighted by molar-refractivity contribution is 5.27. The van der Waals surface area contributed by atoms with Crippen molar-refractivity contribution in [2.45, 2.75) is 19.1 Å². The lowest BCUT2D eigenvalue weighted by atomic mass is 9.97. The molecule has 2 unspecified atom stereocenters. The van der Waals surface area contributed by atoms with Crippen LogP contribution in [0, 0.1) is 12.7 Å². The minimum Gasteiger partial charge on any atom is -0.374 e. The maximum Gasteiger partial charge on any atom is 0.126 e. The first kappa shape index (κ1) is 12.5. The Morgan fingerprint density at radius 2 is 2.29 bits per heavy atom. The molecule has 1 aromatic carbocycles. The van der Waals surface area contributed by atoms with Crippen molar-refractivity contribution in [1.29, 1.82) is 0 Å². The Hall–Kier alpha value is -0.970. The predicted molar refractivity (Wildman–Crippen MR) is 65.3 cm³/mol. The molecule has 2 atom stereocenters. The lowest BCUT2D eigenvalue weighted by molar-refractivity contribution is -0.0576. The Morgan fingerprint density at radius 1 is 1.53 bits per heavy atom. The van der Waals surface area contributed by atoms with Gasteiger partial charge in [0.15, 0.2) is 0 Å². The Balaban J connectivity index is 2.31. The number of hydrogen-bond donors (Lipinski definition) is 1. The van der Waals surface area contributed by atoms with Crippen LogP contribution in [0.3, 0.4) is 0 Å². The van der Waals surface area contributed by atoms with E-state index in [9.17, 15) is 4.39 Å². The molecule has 3 nitrogen and oxygen atoms in total. The van der Waals surface area contributed by atoms with Crippen LogP contribution in [-0.4, -0.2) is 37.7 Å². The summed E-state index contributed by atoms with van der Waals surface area (Å²) >= 11 is 0. The Labute approximate surface area is 101 Å². The average Bonchev–Trinajstić information content (AvgIpc) is 2.32. The van der Waals surface area contributed by atoms with Crippen LogP contribution in [0.4, 0.5) is 4.39 Å². The lowest BCUT2D eigenvalue weighted by Crippen LogP contribution is -2.46. The van der Waals surface area contributed by atoms with Gasteiger partial charge in [-0.25, -0.2) is 4.39 Å². The van der Waals surface area contributed by atoms with E-state index in [0.717, 1.165) is 12.1 Å². The van der Waals surface area contributed by atoms with Crippen molar-refractivity contribution >= 4 is 0 Å². The number of nitrogens with zero attached hydrogens (tertiary/aromatic N) is 1. The Morgan fingerprint density at radius 3 is 2.94 bits per heavy atom. The van der Waals surface area contributed by atoms with Gasteiger partial charge in [-0.3, -0.25) is 4.90 Å². The number of ether oxygens (including phenoxy) is 1. The van der Waals surface area contributed by atoms with E-state index in [1.54, 1.807) is 6.92 Å². The van der Waals surface area contributed by atoms with Gasteiger partial charge in [0.05, 0.1) is 18.8 Å². The number of likely N-dealkylation sites (N-methyl/N-ethyl adjacent to an activating group) is 1. The highest BCUT2D eigenvalue weighted by Gasteiger charge is 2.30. The van der Waals surface area contributed by atoms with Crippen molar-refractivity contribution in [1.82, 2.24) is 4.90 Å². The quantitative estimate of drug-likeness (QED) is 0.848. The van der Waals surface area contributed by atoms with E-state index in [0.29, 0.717) is 18.7 Å². The summed E-state index contributed by atoms with van der Waals surface area (Å²) < 4.78 is 18.9. The van der Waals surface area contributed by atoms with Crippen LogP contribution >= 0.6 is 0 Å². The molecule has 0 spiro atoms. The topological polar surface area (TPSA) is 38.5 Å². The van der Waals surface area contributed by atoms with Gasteiger partial charge in [0.25, 0.3) is 0 Å². The van der Waals surface area contributed by atoms with Crippen LogP contribution in [-0.2, 0) is 4.74 Å². The van der Waals surface area contributed by atoms with Gasteiger partial charge in [0.2, 0.25) is 0 Å². The van der Waals surface area contributed by atoms with E-state index >= 15 is 0 Å². The van der Waals surface area contributed by atoms with Gasteiger partial charge in [-0.1, -0.05) is 12.1 Å². The molecule has 0 radical (unpaired) electrons. The molecule has 2 rings (SSSR count). The van der Waals surface area contributed by atoms with E-state index in [-0.39, 0.29) is 18.0 Å². The second-order valence-electron chi connectivity index (χ2n) is 4.58. The summed E-state index contributed by atoms with van der Waals surface area (Å²) in [4.78, 5) is 2.22. The van der Waals surface area contributed by atoms with E-state index < -0.39 is 0 Å². The van der Waals surface area contributed by atoms with Gasteiger partial charge >= 0.3 is 0 Å². The number of halogens is 1. The molecule has 2 N–H and O–H groups in total. The van der Waals surface area contributed by atoms with E-state index in [1.807, 2.05) is 12.1 Å². The summed E-state index contributed by atoms with van der Waals surface area (Å²) in [5.74, 6) is -0.169. The summed E-state index contributed by atoms with van der Waals surface area (Å²) in [7, 11) is 2.05. The molecular weight excluding hydrogens is 219 g/mol. The fourth-order valence-electron chi connectivity index (χ4n) is 2.38. The van der Waals surface area contributed by atoms with Crippen LogP contribution in [0.25, 0.3) is 0 Å². The van der Waals surface area contributed by atoms with Crippen LogP contribution in [0.1, 0.15) is 17.2 Å². The Kier molecular flexibility index (Phi) is 3.76. The molecule has 1 fully saturated rings. The van der Waals surface area contributed by atoms with Gasteiger partial charge < -0.3 is 10.5 Å². The van der Waals surface area contributed by atoms with E-state index in [1.165, 1.54) is 6.07 Å². The maximum absolute atomic E-state index is 13.3. The summed E-state index contributed by atoms with van der Waals surface area (Å²) in [5.41, 5.74) is 7.47. The molecule has 1 aromatic rings. The normalized spacial score (nSPS) is 26.1. The van der Waals surface area contributed by atoms with Crippen molar-refractivity contribution in [3.63, 3.8) is 0 Å². The molecule has 94 valence electrons. The van der Waals surface area contributed by atoms with Crippen molar-refractivity contribution < 1.29 is 9.13 Å². The number of benzene rings is 1. The van der Waals surface area contributed by atoms with Crippen LogP contribution < -0.4 is 5.73 Å². The van der Waals surface area contributed by atoms with Gasteiger partial charge in [-0.15, -0.1) is 0 Å². The maximum atomic E-state index is 13.3. The molecule has 1 saturated heterocycles. The molecule has 0 bridgehead atoms. The molecule has 1 heterocycles. The van der Waals surface area contributed by atoms with Gasteiger partial charge in [-0.05, 0) is 31.2 Å². The van der Waals surface area contributed by atoms with Crippen molar-refractivity contribution in [3.8, 4) is 0 Å². The minimum absolute atomic E-state index is 0.0152. The molecule has 0 aromatic heterocycles. The van der Waals surface area contributed by atoms with E-state index in [4.69, 9.17) is 10.5 Å². The molecule has 1 aliphatic rings. The van der Waals surface area contributed by atoms with Crippen LogP contribution in [0.2, 0.25) is 0 Å². The zero-order valence-electron chi connectivity index (χ0n) is 10.3. The number of morpholine rings is 1. The molecule has 1 aliphatic heterocycles. The van der Waals surface area contributed by atoms with Crippen molar-refractivity contribution in [2.75, 3.05) is 26.7 Å². The third kappa shape index (κ3) is 2.49. The number of hydrogen-bond acceptors (Lipinski definition) is 3. The molecule has 0 amide bonds. The average molecular weight is 238 g/mol. The highest BCUT2D eigenvalue weighted by atomic mass is 19.1. The summed E-state index contributed by atoms with van der Waals surface area (Å²) in [6, 6.07) is 5.34. The number of nitrogens with two attached hydrogens (primary N) is 1. The smallest absolute Gasteiger partial charge is 0.126 e. The summed E-state index contributed by atoms with van der Waals surface area (Å²) in [6.45, 7) is 3.83. The second-order valence-corrected chi connectivity index (χ2v) is 4.58. The Bertz CT molecular complexity index is 397. The first-order chi connectivity index (χ1) is 8.13. The van der Waals surface area contributed by atoms with Gasteiger partial charge in [0, 0.05) is 13.1 Å². The standard InChI is InChI=1S/C13H19FN2O/c1-9-7-10(3-4-11(9)14)13-12(8-15)17-6-5-16(13)2/h3-4,7,12-13H,5-6,8,15H2,1-2H3. The first-order valence-electron chi connectivity index (χ1n) is 5.91. The van der Waals surface area contributed by atoms with Crippen LogP contribution in [0.15, 0.2) is 18.2 Å². The van der Waals surface area contributed by atoms with Gasteiger partial charge in [0.1, 0.15) is 5.82 Å².